The molecule has 1 nitrogen and oxygen atoms in total. The van der Waals surface area contributed by atoms with Crippen LogP contribution in [0.2, 0.25) is 5.02 Å². The fraction of sp³-hybridized carbons (Fsp3) is 0.0667. The highest BCUT2D eigenvalue weighted by Crippen LogP contribution is 2.35. The normalized spacial score (nSPS) is 10.4. The van der Waals surface area contributed by atoms with Gasteiger partial charge in [-0.1, -0.05) is 24.3 Å². The Labute approximate surface area is 119 Å². The summed E-state index contributed by atoms with van der Waals surface area (Å²) in [5.41, 5.74) is -0.908. The summed E-state index contributed by atoms with van der Waals surface area (Å²) in [5.74, 6) is -2.78. The van der Waals surface area contributed by atoms with E-state index < -0.39 is 23.0 Å². The van der Waals surface area contributed by atoms with Crippen LogP contribution >= 0.6 is 11.6 Å². The second-order valence-electron chi connectivity index (χ2n) is 3.88. The summed E-state index contributed by atoms with van der Waals surface area (Å²) in [7, 11) is 0. The van der Waals surface area contributed by atoms with Crippen LogP contribution in [0.25, 0.3) is 11.1 Å². The van der Waals surface area contributed by atoms with E-state index in [-0.39, 0.29) is 22.9 Å². The van der Waals surface area contributed by atoms with Gasteiger partial charge in [0.2, 0.25) is 0 Å². The number of ether oxygens (including phenoxy) is 1. The van der Waals surface area contributed by atoms with Gasteiger partial charge in [-0.15, -0.1) is 0 Å². The Morgan fingerprint density at radius 1 is 1.15 bits per heavy atom. The molecule has 0 aliphatic heterocycles. The van der Waals surface area contributed by atoms with Crippen molar-refractivity contribution in [3.63, 3.8) is 0 Å². The minimum atomic E-state index is -0.968. The average molecular weight is 298 g/mol. The Bertz CT molecular complexity index is 612. The van der Waals surface area contributed by atoms with Crippen LogP contribution in [0.3, 0.4) is 0 Å². The maximum absolute atomic E-state index is 14.0. The monoisotopic (exact) mass is 297 g/mol. The van der Waals surface area contributed by atoms with Gasteiger partial charge >= 0.3 is 0 Å². The molecule has 2 rings (SSSR count). The SMILES string of the molecule is C=CCOc1cc(F)c(-c2c(Cl)[c]ccc2F)c(F)c1. The fourth-order valence-corrected chi connectivity index (χ4v) is 1.95. The molecule has 0 fully saturated rings. The van der Waals surface area contributed by atoms with Gasteiger partial charge in [0.25, 0.3) is 0 Å². The van der Waals surface area contributed by atoms with E-state index in [2.05, 4.69) is 12.6 Å². The third-order valence-electron chi connectivity index (χ3n) is 2.53. The van der Waals surface area contributed by atoms with E-state index in [1.54, 1.807) is 0 Å². The van der Waals surface area contributed by atoms with Gasteiger partial charge in [0.05, 0.1) is 10.6 Å². The lowest BCUT2D eigenvalue weighted by molar-refractivity contribution is 0.358. The summed E-state index contributed by atoms with van der Waals surface area (Å²) in [6, 6.07) is 6.68. The first-order valence-electron chi connectivity index (χ1n) is 5.63. The van der Waals surface area contributed by atoms with E-state index >= 15 is 0 Å². The molecule has 20 heavy (non-hydrogen) atoms. The molecular formula is C15H9ClF3O. The lowest BCUT2D eigenvalue weighted by Crippen LogP contribution is -1.98. The predicted molar refractivity (Wildman–Crippen MR) is 71.3 cm³/mol. The van der Waals surface area contributed by atoms with Crippen molar-refractivity contribution in [3.8, 4) is 16.9 Å². The molecule has 0 amide bonds. The van der Waals surface area contributed by atoms with Crippen molar-refractivity contribution in [2.45, 2.75) is 0 Å². The van der Waals surface area contributed by atoms with Crippen LogP contribution in [0.4, 0.5) is 13.2 Å². The molecular weight excluding hydrogens is 289 g/mol. The van der Waals surface area contributed by atoms with Gasteiger partial charge in [-0.3, -0.25) is 0 Å². The number of benzene rings is 2. The second-order valence-corrected chi connectivity index (χ2v) is 4.25. The molecule has 0 heterocycles. The highest BCUT2D eigenvalue weighted by Gasteiger charge is 2.19. The van der Waals surface area contributed by atoms with Crippen molar-refractivity contribution in [2.24, 2.45) is 0 Å². The zero-order chi connectivity index (χ0) is 14.7. The molecule has 0 saturated carbocycles. The van der Waals surface area contributed by atoms with Crippen LogP contribution in [0.5, 0.6) is 5.75 Å². The molecule has 1 radical (unpaired) electrons. The zero-order valence-corrected chi connectivity index (χ0v) is 11.0. The molecule has 0 unspecified atom stereocenters. The largest absolute Gasteiger partial charge is 0.489 e. The summed E-state index contributed by atoms with van der Waals surface area (Å²) < 4.78 is 46.8. The van der Waals surface area contributed by atoms with E-state index in [1.807, 2.05) is 0 Å². The summed E-state index contributed by atoms with van der Waals surface area (Å²) in [6.45, 7) is 3.53. The van der Waals surface area contributed by atoms with E-state index in [0.717, 1.165) is 18.2 Å². The van der Waals surface area contributed by atoms with Crippen LogP contribution in [-0.2, 0) is 0 Å². The Balaban J connectivity index is 2.55. The first-order chi connectivity index (χ1) is 9.54. The predicted octanol–water partition coefficient (Wildman–Crippen LogP) is 4.79. The van der Waals surface area contributed by atoms with Crippen molar-refractivity contribution in [1.29, 1.82) is 0 Å². The molecule has 103 valence electrons. The van der Waals surface area contributed by atoms with Gasteiger partial charge in [-0.25, -0.2) is 13.2 Å². The first kappa shape index (κ1) is 14.5. The molecule has 0 saturated heterocycles. The Morgan fingerprint density at radius 3 is 2.35 bits per heavy atom. The van der Waals surface area contributed by atoms with Gasteiger partial charge in [0.15, 0.2) is 0 Å². The molecule has 0 bridgehead atoms. The topological polar surface area (TPSA) is 9.23 Å². The smallest absolute Gasteiger partial charge is 0.137 e. The summed E-state index contributed by atoms with van der Waals surface area (Å²) in [5, 5.41) is -0.192. The van der Waals surface area contributed by atoms with Gasteiger partial charge in [0.1, 0.15) is 29.8 Å². The van der Waals surface area contributed by atoms with Gasteiger partial charge in [-0.05, 0) is 12.1 Å². The standard InChI is InChI=1S/C15H9ClF3O/c1-2-6-20-9-7-12(18)15(13(19)8-9)14-10(16)4-3-5-11(14)17/h2-3,5,7-8H,1,6H2. The molecule has 0 atom stereocenters. The quantitative estimate of drug-likeness (QED) is 0.737. The van der Waals surface area contributed by atoms with E-state index in [4.69, 9.17) is 16.3 Å². The number of rotatable bonds is 4. The van der Waals surface area contributed by atoms with Crippen LogP contribution in [0, 0.1) is 23.5 Å². The molecule has 2 aromatic rings. The first-order valence-corrected chi connectivity index (χ1v) is 6.01. The third-order valence-corrected chi connectivity index (χ3v) is 2.83. The van der Waals surface area contributed by atoms with Crippen molar-refractivity contribution in [2.75, 3.05) is 6.61 Å². The van der Waals surface area contributed by atoms with Crippen molar-refractivity contribution in [1.82, 2.24) is 0 Å². The minimum Gasteiger partial charge on any atom is -0.489 e. The lowest BCUT2D eigenvalue weighted by Gasteiger charge is -2.11. The maximum atomic E-state index is 14.0. The van der Waals surface area contributed by atoms with Gasteiger partial charge in [0, 0.05) is 23.8 Å². The molecule has 0 aromatic heterocycles. The van der Waals surface area contributed by atoms with Crippen molar-refractivity contribution < 1.29 is 17.9 Å². The highest BCUT2D eigenvalue weighted by molar-refractivity contribution is 6.33. The highest BCUT2D eigenvalue weighted by atomic mass is 35.5. The maximum Gasteiger partial charge on any atom is 0.137 e. The van der Waals surface area contributed by atoms with Gasteiger partial charge in [-0.2, -0.15) is 0 Å². The van der Waals surface area contributed by atoms with E-state index in [0.29, 0.717) is 0 Å². The molecule has 5 heteroatoms. The molecule has 2 aromatic carbocycles. The summed E-state index contributed by atoms with van der Waals surface area (Å²) in [6.07, 6.45) is 1.44. The summed E-state index contributed by atoms with van der Waals surface area (Å²) in [4.78, 5) is 0. The zero-order valence-electron chi connectivity index (χ0n) is 10.2. The van der Waals surface area contributed by atoms with Crippen LogP contribution in [0.1, 0.15) is 0 Å². The number of halogens is 4. The Morgan fingerprint density at radius 2 is 1.80 bits per heavy atom. The Kier molecular flexibility index (Phi) is 4.35. The number of hydrogen-bond donors (Lipinski definition) is 0. The Hall–Kier alpha value is -1.94. The van der Waals surface area contributed by atoms with E-state index in [1.165, 1.54) is 12.1 Å². The van der Waals surface area contributed by atoms with Crippen LogP contribution in [0.15, 0.2) is 36.9 Å². The molecule has 0 N–H and O–H groups in total. The number of hydrogen-bond acceptors (Lipinski definition) is 1. The lowest BCUT2D eigenvalue weighted by atomic mass is 10.0. The average Bonchev–Trinajstić information content (AvgIpc) is 2.39. The minimum absolute atomic E-state index is 0.0138. The molecule has 0 aliphatic rings. The van der Waals surface area contributed by atoms with E-state index in [9.17, 15) is 13.2 Å². The van der Waals surface area contributed by atoms with Crippen LogP contribution in [-0.4, -0.2) is 6.61 Å². The summed E-state index contributed by atoms with van der Waals surface area (Å²) >= 11 is 5.76. The van der Waals surface area contributed by atoms with Crippen LogP contribution < -0.4 is 4.74 Å². The third kappa shape index (κ3) is 2.80. The van der Waals surface area contributed by atoms with Crippen molar-refractivity contribution >= 4 is 11.6 Å². The molecule has 0 spiro atoms. The molecule has 0 aliphatic carbocycles. The second kappa shape index (κ2) is 6.01. The van der Waals surface area contributed by atoms with Gasteiger partial charge < -0.3 is 4.74 Å². The van der Waals surface area contributed by atoms with Crippen molar-refractivity contribution in [3.05, 3.63) is 65.5 Å². The fourth-order valence-electron chi connectivity index (χ4n) is 1.70.